The van der Waals surface area contributed by atoms with E-state index >= 15 is 0 Å². The van der Waals surface area contributed by atoms with Crippen molar-refractivity contribution < 1.29 is 14.2 Å². The second-order valence-corrected chi connectivity index (χ2v) is 4.48. The number of aryl methyl sites for hydroxylation is 1. The molecule has 0 aromatic heterocycles. The molecular weight excluding hydrogens is 268 g/mol. The number of ether oxygens (including phenoxy) is 3. The Kier molecular flexibility index (Phi) is 4.33. The van der Waals surface area contributed by atoms with Gasteiger partial charge in [-0.1, -0.05) is 6.07 Å². The summed E-state index contributed by atoms with van der Waals surface area (Å²) in [5.41, 5.74) is 7.07. The summed E-state index contributed by atoms with van der Waals surface area (Å²) in [7, 11) is 3.15. The lowest BCUT2D eigenvalue weighted by molar-refractivity contribution is 0.346. The fourth-order valence-corrected chi connectivity index (χ4v) is 2.04. The van der Waals surface area contributed by atoms with Crippen molar-refractivity contribution in [3.8, 4) is 23.0 Å². The number of nitrogen functional groups attached to an aromatic ring is 1. The van der Waals surface area contributed by atoms with Gasteiger partial charge < -0.3 is 19.9 Å². The molecule has 0 saturated carbocycles. The maximum atomic E-state index is 7.49. The Morgan fingerprint density at radius 2 is 1.67 bits per heavy atom. The van der Waals surface area contributed by atoms with Crippen molar-refractivity contribution in [2.75, 3.05) is 14.2 Å². The predicted octanol–water partition coefficient (Wildman–Crippen LogP) is 3.09. The highest BCUT2D eigenvalue weighted by atomic mass is 16.5. The van der Waals surface area contributed by atoms with Crippen LogP contribution in [0.4, 0.5) is 0 Å². The van der Waals surface area contributed by atoms with E-state index in [4.69, 9.17) is 25.4 Å². The molecule has 0 fully saturated rings. The number of nitrogens with two attached hydrogens (primary N) is 1. The second-order valence-electron chi connectivity index (χ2n) is 4.48. The van der Waals surface area contributed by atoms with Gasteiger partial charge in [0.2, 0.25) is 5.75 Å². The molecule has 0 atom stereocenters. The number of amidine groups is 1. The highest BCUT2D eigenvalue weighted by molar-refractivity contribution is 5.96. The van der Waals surface area contributed by atoms with Gasteiger partial charge in [0.15, 0.2) is 11.5 Å². The van der Waals surface area contributed by atoms with E-state index in [-0.39, 0.29) is 5.84 Å². The third kappa shape index (κ3) is 3.08. The van der Waals surface area contributed by atoms with E-state index in [0.717, 1.165) is 5.56 Å². The molecule has 110 valence electrons. The minimum absolute atomic E-state index is 0.0360. The van der Waals surface area contributed by atoms with Crippen LogP contribution in [-0.4, -0.2) is 20.1 Å². The molecule has 21 heavy (non-hydrogen) atoms. The molecule has 5 heteroatoms. The molecule has 5 nitrogen and oxygen atoms in total. The maximum Gasteiger partial charge on any atom is 0.210 e. The van der Waals surface area contributed by atoms with E-state index in [1.807, 2.05) is 19.1 Å². The molecule has 0 aliphatic carbocycles. The standard InChI is InChI=1S/C16H18N2O3/c1-10-9-11(7-8-12(10)16(17)18)21-15-13(19-2)5-4-6-14(15)20-3/h4-9H,1-3H3,(H3,17,18). The quantitative estimate of drug-likeness (QED) is 0.654. The van der Waals surface area contributed by atoms with Crippen molar-refractivity contribution in [2.24, 2.45) is 5.73 Å². The molecular formula is C16H18N2O3. The van der Waals surface area contributed by atoms with E-state index < -0.39 is 0 Å². The summed E-state index contributed by atoms with van der Waals surface area (Å²) in [5, 5.41) is 7.49. The lowest BCUT2D eigenvalue weighted by Gasteiger charge is -2.14. The topological polar surface area (TPSA) is 77.6 Å². The first-order valence-electron chi connectivity index (χ1n) is 6.40. The molecule has 3 N–H and O–H groups in total. The third-order valence-electron chi connectivity index (χ3n) is 3.09. The Bertz CT molecular complexity index is 646. The third-order valence-corrected chi connectivity index (χ3v) is 3.09. The number of methoxy groups -OCH3 is 2. The smallest absolute Gasteiger partial charge is 0.210 e. The fourth-order valence-electron chi connectivity index (χ4n) is 2.04. The Morgan fingerprint density at radius 3 is 2.14 bits per heavy atom. The zero-order valence-corrected chi connectivity index (χ0v) is 12.3. The number of hydrogen-bond donors (Lipinski definition) is 2. The van der Waals surface area contributed by atoms with Crippen molar-refractivity contribution in [1.82, 2.24) is 0 Å². The van der Waals surface area contributed by atoms with Crippen molar-refractivity contribution in [3.63, 3.8) is 0 Å². The SMILES string of the molecule is COc1cccc(OC)c1Oc1ccc(C(=N)N)c(C)c1. The number of benzene rings is 2. The van der Waals surface area contributed by atoms with E-state index in [1.165, 1.54) is 0 Å². The van der Waals surface area contributed by atoms with Crippen LogP contribution in [0.2, 0.25) is 0 Å². The average molecular weight is 286 g/mol. The molecule has 2 aromatic rings. The Labute approximate surface area is 123 Å². The van der Waals surface area contributed by atoms with E-state index in [9.17, 15) is 0 Å². The summed E-state index contributed by atoms with van der Waals surface area (Å²) in [6.07, 6.45) is 0. The second kappa shape index (κ2) is 6.17. The molecule has 0 aliphatic heterocycles. The van der Waals surface area contributed by atoms with Gasteiger partial charge in [0.05, 0.1) is 14.2 Å². The van der Waals surface area contributed by atoms with Crippen LogP contribution in [-0.2, 0) is 0 Å². The maximum absolute atomic E-state index is 7.49. The molecule has 0 amide bonds. The van der Waals surface area contributed by atoms with Gasteiger partial charge in [-0.25, -0.2) is 0 Å². The van der Waals surface area contributed by atoms with Gasteiger partial charge in [-0.05, 0) is 42.8 Å². The molecule has 0 heterocycles. The lowest BCUT2D eigenvalue weighted by atomic mass is 10.1. The van der Waals surface area contributed by atoms with E-state index in [1.54, 1.807) is 38.5 Å². The van der Waals surface area contributed by atoms with Gasteiger partial charge in [-0.2, -0.15) is 0 Å². The summed E-state index contributed by atoms with van der Waals surface area (Å²) in [5.74, 6) is 2.34. The largest absolute Gasteiger partial charge is 0.493 e. The molecule has 2 aromatic carbocycles. The summed E-state index contributed by atoms with van der Waals surface area (Å²) in [4.78, 5) is 0. The first-order chi connectivity index (χ1) is 10.1. The molecule has 2 rings (SSSR count). The van der Waals surface area contributed by atoms with Gasteiger partial charge >= 0.3 is 0 Å². The van der Waals surface area contributed by atoms with Crippen LogP contribution in [0.3, 0.4) is 0 Å². The van der Waals surface area contributed by atoms with Gasteiger partial charge in [0.25, 0.3) is 0 Å². The minimum Gasteiger partial charge on any atom is -0.493 e. The molecule has 0 spiro atoms. The van der Waals surface area contributed by atoms with Gasteiger partial charge in [-0.15, -0.1) is 0 Å². The van der Waals surface area contributed by atoms with E-state index in [0.29, 0.717) is 28.6 Å². The van der Waals surface area contributed by atoms with Gasteiger partial charge in [0.1, 0.15) is 11.6 Å². The number of para-hydroxylation sites is 1. The van der Waals surface area contributed by atoms with Gasteiger partial charge in [0, 0.05) is 5.56 Å². The van der Waals surface area contributed by atoms with Gasteiger partial charge in [-0.3, -0.25) is 5.41 Å². The van der Waals surface area contributed by atoms with Crippen molar-refractivity contribution in [2.45, 2.75) is 6.92 Å². The lowest BCUT2D eigenvalue weighted by Crippen LogP contribution is -2.12. The summed E-state index contributed by atoms with van der Waals surface area (Å²) >= 11 is 0. The Hall–Kier alpha value is -2.69. The molecule has 0 radical (unpaired) electrons. The first kappa shape index (κ1) is 14.7. The zero-order valence-electron chi connectivity index (χ0n) is 12.3. The van der Waals surface area contributed by atoms with Crippen molar-refractivity contribution in [1.29, 1.82) is 5.41 Å². The molecule has 0 unspecified atom stereocenters. The van der Waals surface area contributed by atoms with Crippen LogP contribution in [0.5, 0.6) is 23.0 Å². The normalized spacial score (nSPS) is 10.0. The van der Waals surface area contributed by atoms with Crippen LogP contribution < -0.4 is 19.9 Å². The monoisotopic (exact) mass is 286 g/mol. The van der Waals surface area contributed by atoms with Crippen molar-refractivity contribution >= 4 is 5.84 Å². The Morgan fingerprint density at radius 1 is 1.05 bits per heavy atom. The number of hydrogen-bond acceptors (Lipinski definition) is 4. The fraction of sp³-hybridized carbons (Fsp3) is 0.188. The predicted molar refractivity (Wildman–Crippen MR) is 81.8 cm³/mol. The van der Waals surface area contributed by atoms with Crippen LogP contribution in [0.1, 0.15) is 11.1 Å². The molecule has 0 aliphatic rings. The molecule has 0 bridgehead atoms. The highest BCUT2D eigenvalue weighted by Crippen LogP contribution is 2.40. The Balaban J connectivity index is 2.38. The van der Waals surface area contributed by atoms with Crippen LogP contribution in [0.15, 0.2) is 36.4 Å². The van der Waals surface area contributed by atoms with E-state index in [2.05, 4.69) is 0 Å². The molecule has 0 saturated heterocycles. The zero-order chi connectivity index (χ0) is 15.4. The van der Waals surface area contributed by atoms with Crippen LogP contribution in [0, 0.1) is 12.3 Å². The highest BCUT2D eigenvalue weighted by Gasteiger charge is 2.13. The summed E-state index contributed by atoms with van der Waals surface area (Å²) in [6.45, 7) is 1.88. The number of nitrogens with one attached hydrogen (secondary N) is 1. The minimum atomic E-state index is 0.0360. The summed E-state index contributed by atoms with van der Waals surface area (Å²) in [6, 6.07) is 10.8. The first-order valence-corrected chi connectivity index (χ1v) is 6.40. The summed E-state index contributed by atoms with van der Waals surface area (Å²) < 4.78 is 16.5. The number of rotatable bonds is 5. The van der Waals surface area contributed by atoms with Crippen LogP contribution >= 0.6 is 0 Å². The van der Waals surface area contributed by atoms with Crippen LogP contribution in [0.25, 0.3) is 0 Å². The van der Waals surface area contributed by atoms with Crippen molar-refractivity contribution in [3.05, 3.63) is 47.5 Å². The average Bonchev–Trinajstić information content (AvgIpc) is 2.47.